The summed E-state index contributed by atoms with van der Waals surface area (Å²) in [5, 5.41) is 2.50. The van der Waals surface area contributed by atoms with Crippen molar-refractivity contribution >= 4 is 12.2 Å². The van der Waals surface area contributed by atoms with Gasteiger partial charge in [0.1, 0.15) is 12.4 Å². The lowest BCUT2D eigenvalue weighted by Crippen LogP contribution is -2.24. The maximum absolute atomic E-state index is 12.8. The second kappa shape index (κ2) is 8.94. The van der Waals surface area contributed by atoms with Gasteiger partial charge in [-0.05, 0) is 29.3 Å². The van der Waals surface area contributed by atoms with Crippen molar-refractivity contribution in [2.75, 3.05) is 13.7 Å². The fourth-order valence-electron chi connectivity index (χ4n) is 2.11. The Hall–Kier alpha value is -2.96. The van der Waals surface area contributed by atoms with Gasteiger partial charge in [-0.1, -0.05) is 42.5 Å². The molecule has 0 bridgehead atoms. The van der Waals surface area contributed by atoms with Crippen LogP contribution in [0.25, 0.3) is 6.08 Å². The molecule has 7 heteroatoms. The molecule has 4 nitrogen and oxygen atoms in total. The van der Waals surface area contributed by atoms with Crippen molar-refractivity contribution in [1.29, 1.82) is 0 Å². The molecule has 1 amide bonds. The van der Waals surface area contributed by atoms with Crippen LogP contribution in [0.15, 0.2) is 54.6 Å². The van der Waals surface area contributed by atoms with E-state index in [1.807, 2.05) is 30.3 Å². The molecule has 0 atom stereocenters. The number of nitrogens with one attached hydrogen (secondary N) is 1. The van der Waals surface area contributed by atoms with E-state index in [-0.39, 0.29) is 18.9 Å². The van der Waals surface area contributed by atoms with E-state index < -0.39 is 17.8 Å². The quantitative estimate of drug-likeness (QED) is 0.810. The highest BCUT2D eigenvalue weighted by molar-refractivity contribution is 5.67. The zero-order valence-corrected chi connectivity index (χ0v) is 14.0. The Bertz CT molecular complexity index is 758. The number of hydrogen-bond acceptors (Lipinski definition) is 3. The first-order chi connectivity index (χ1) is 12.4. The van der Waals surface area contributed by atoms with Gasteiger partial charge in [-0.25, -0.2) is 4.79 Å². The van der Waals surface area contributed by atoms with Crippen molar-refractivity contribution in [2.45, 2.75) is 12.8 Å². The number of carbonyl (C=O) groups excluding carboxylic acids is 1. The molecule has 1 N–H and O–H groups in total. The number of alkyl carbamates (subject to hydrolysis) is 1. The van der Waals surface area contributed by atoms with Crippen LogP contribution in [0.4, 0.5) is 18.0 Å². The number of carbonyl (C=O) groups is 1. The number of hydrogen-bond donors (Lipinski definition) is 1. The minimum atomic E-state index is -4.46. The van der Waals surface area contributed by atoms with Crippen LogP contribution in [0.3, 0.4) is 0 Å². The smallest absolute Gasteiger partial charge is 0.416 e. The fraction of sp³-hybridized carbons (Fsp3) is 0.211. The van der Waals surface area contributed by atoms with Gasteiger partial charge in [-0.2, -0.15) is 13.2 Å². The van der Waals surface area contributed by atoms with E-state index in [9.17, 15) is 18.0 Å². The maximum Gasteiger partial charge on any atom is 0.416 e. The van der Waals surface area contributed by atoms with Gasteiger partial charge in [0.25, 0.3) is 0 Å². The molecule has 0 aromatic heterocycles. The molecule has 0 aliphatic rings. The van der Waals surface area contributed by atoms with Crippen LogP contribution in [0, 0.1) is 0 Å². The molecule has 0 heterocycles. The van der Waals surface area contributed by atoms with E-state index >= 15 is 0 Å². The number of amides is 1. The highest BCUT2D eigenvalue weighted by Gasteiger charge is 2.31. The molecule has 0 aliphatic heterocycles. The van der Waals surface area contributed by atoms with Crippen LogP contribution in [0.5, 0.6) is 5.75 Å². The van der Waals surface area contributed by atoms with E-state index in [4.69, 9.17) is 9.47 Å². The van der Waals surface area contributed by atoms with Crippen molar-refractivity contribution < 1.29 is 27.4 Å². The Morgan fingerprint density at radius 2 is 1.88 bits per heavy atom. The summed E-state index contributed by atoms with van der Waals surface area (Å²) >= 11 is 0. The summed E-state index contributed by atoms with van der Waals surface area (Å²) in [6.07, 6.45) is -2.08. The number of halogens is 3. The SMILES string of the molecule is COc1cc(C=CCNC(=O)OCc2ccccc2)cc(C(F)(F)F)c1. The summed E-state index contributed by atoms with van der Waals surface area (Å²) in [6.45, 7) is 0.257. The summed E-state index contributed by atoms with van der Waals surface area (Å²) in [7, 11) is 1.30. The summed E-state index contributed by atoms with van der Waals surface area (Å²) in [6, 6.07) is 12.6. The third-order valence-corrected chi connectivity index (χ3v) is 3.38. The zero-order valence-electron chi connectivity index (χ0n) is 14.0. The van der Waals surface area contributed by atoms with Crippen LogP contribution in [-0.4, -0.2) is 19.7 Å². The lowest BCUT2D eigenvalue weighted by Gasteiger charge is -2.10. The molecular weight excluding hydrogens is 347 g/mol. The first kappa shape index (κ1) is 19.4. The Balaban J connectivity index is 1.87. The van der Waals surface area contributed by atoms with E-state index in [1.165, 1.54) is 25.3 Å². The average molecular weight is 365 g/mol. The molecule has 0 radical (unpaired) electrons. The third-order valence-electron chi connectivity index (χ3n) is 3.38. The summed E-state index contributed by atoms with van der Waals surface area (Å²) in [4.78, 5) is 11.6. The highest BCUT2D eigenvalue weighted by Crippen LogP contribution is 2.32. The van der Waals surface area contributed by atoms with Crippen LogP contribution < -0.4 is 10.1 Å². The molecule has 2 aromatic rings. The molecule has 138 valence electrons. The minimum Gasteiger partial charge on any atom is -0.497 e. The zero-order chi connectivity index (χ0) is 19.0. The standard InChI is InChI=1S/C19H18F3NO3/c1-25-17-11-15(10-16(12-17)19(20,21)22)8-5-9-23-18(24)26-13-14-6-3-2-4-7-14/h2-8,10-12H,9,13H2,1H3,(H,23,24). The summed E-state index contributed by atoms with van der Waals surface area (Å²) in [5.41, 5.74) is 0.372. The van der Waals surface area contributed by atoms with Gasteiger partial charge in [-0.3, -0.25) is 0 Å². The summed E-state index contributed by atoms with van der Waals surface area (Å²) in [5.74, 6) is 0.106. The number of methoxy groups -OCH3 is 1. The first-order valence-electron chi connectivity index (χ1n) is 7.76. The van der Waals surface area contributed by atoms with Gasteiger partial charge < -0.3 is 14.8 Å². The van der Waals surface area contributed by atoms with E-state index in [1.54, 1.807) is 0 Å². The summed E-state index contributed by atoms with van der Waals surface area (Å²) < 4.78 is 48.5. The Labute approximate surface area is 149 Å². The molecule has 2 aromatic carbocycles. The van der Waals surface area contributed by atoms with Crippen LogP contribution in [0.2, 0.25) is 0 Å². The number of rotatable bonds is 6. The Morgan fingerprint density at radius 3 is 2.54 bits per heavy atom. The van der Waals surface area contributed by atoms with Gasteiger partial charge in [0.05, 0.1) is 12.7 Å². The van der Waals surface area contributed by atoms with Crippen molar-refractivity contribution in [3.05, 3.63) is 71.3 Å². The van der Waals surface area contributed by atoms with Gasteiger partial charge in [-0.15, -0.1) is 0 Å². The number of ether oxygens (including phenoxy) is 2. The molecule has 0 aliphatic carbocycles. The minimum absolute atomic E-state index is 0.106. The topological polar surface area (TPSA) is 47.6 Å². The largest absolute Gasteiger partial charge is 0.497 e. The molecular formula is C19H18F3NO3. The normalized spacial score (nSPS) is 11.4. The van der Waals surface area contributed by atoms with Crippen LogP contribution in [-0.2, 0) is 17.5 Å². The van der Waals surface area contributed by atoms with Crippen molar-refractivity contribution in [1.82, 2.24) is 5.32 Å². The van der Waals surface area contributed by atoms with Crippen molar-refractivity contribution in [2.24, 2.45) is 0 Å². The van der Waals surface area contributed by atoms with Crippen molar-refractivity contribution in [3.8, 4) is 5.75 Å². The first-order valence-corrected chi connectivity index (χ1v) is 7.76. The third kappa shape index (κ3) is 6.16. The molecule has 0 unspecified atom stereocenters. The van der Waals surface area contributed by atoms with Gasteiger partial charge in [0, 0.05) is 6.54 Å². The van der Waals surface area contributed by atoms with E-state index in [0.717, 1.165) is 17.7 Å². The van der Waals surface area contributed by atoms with E-state index in [2.05, 4.69) is 5.32 Å². The van der Waals surface area contributed by atoms with Crippen LogP contribution >= 0.6 is 0 Å². The molecule has 0 saturated carbocycles. The molecule has 0 fully saturated rings. The monoisotopic (exact) mass is 365 g/mol. The lowest BCUT2D eigenvalue weighted by atomic mass is 10.1. The maximum atomic E-state index is 12.8. The second-order valence-electron chi connectivity index (χ2n) is 5.34. The van der Waals surface area contributed by atoms with Crippen molar-refractivity contribution in [3.63, 3.8) is 0 Å². The second-order valence-corrected chi connectivity index (χ2v) is 5.34. The predicted molar refractivity (Wildman–Crippen MR) is 91.7 cm³/mol. The van der Waals surface area contributed by atoms with Gasteiger partial charge >= 0.3 is 12.3 Å². The Kier molecular flexibility index (Phi) is 6.66. The predicted octanol–water partition coefficient (Wildman–Crippen LogP) is 4.65. The highest BCUT2D eigenvalue weighted by atomic mass is 19.4. The molecule has 0 saturated heterocycles. The molecule has 2 rings (SSSR count). The number of alkyl halides is 3. The average Bonchev–Trinajstić information content (AvgIpc) is 2.63. The van der Waals surface area contributed by atoms with Gasteiger partial charge in [0.15, 0.2) is 0 Å². The van der Waals surface area contributed by atoms with Crippen LogP contribution in [0.1, 0.15) is 16.7 Å². The Morgan fingerprint density at radius 1 is 1.15 bits per heavy atom. The van der Waals surface area contributed by atoms with E-state index in [0.29, 0.717) is 5.56 Å². The van der Waals surface area contributed by atoms with Gasteiger partial charge in [0.2, 0.25) is 0 Å². The lowest BCUT2D eigenvalue weighted by molar-refractivity contribution is -0.137. The number of benzene rings is 2. The fourth-order valence-corrected chi connectivity index (χ4v) is 2.11. The molecule has 0 spiro atoms. The molecule has 26 heavy (non-hydrogen) atoms.